The normalized spacial score (nSPS) is 13.2. The van der Waals surface area contributed by atoms with Gasteiger partial charge in [-0.1, -0.05) is 52.3 Å². The highest BCUT2D eigenvalue weighted by Crippen LogP contribution is 2.27. The smallest absolute Gasteiger partial charge is 0.0870 e. The van der Waals surface area contributed by atoms with E-state index >= 15 is 0 Å². The Balaban J connectivity index is 2.45. The molecule has 2 aromatic carbocycles. The molecule has 0 aliphatic rings. The minimum Gasteiger partial charge on any atom is -0.0870 e. The van der Waals surface area contributed by atoms with Crippen LogP contribution in [0.2, 0.25) is 0 Å². The van der Waals surface area contributed by atoms with E-state index in [-0.39, 0.29) is 0 Å². The molecule has 16 heavy (non-hydrogen) atoms. The van der Waals surface area contributed by atoms with Gasteiger partial charge in [-0.15, -0.1) is 0 Å². The topological polar surface area (TPSA) is 0 Å². The standard InChI is InChI=1S/C14H16BrS/c1-16(2)14(10-15)13-8-7-11-5-3-4-6-12(11)9-13/h3-9,14H,10H2,1-2H3/q+1. The van der Waals surface area contributed by atoms with Crippen molar-refractivity contribution in [1.82, 2.24) is 0 Å². The minimum absolute atomic E-state index is 0.406. The Morgan fingerprint density at radius 3 is 2.38 bits per heavy atom. The van der Waals surface area contributed by atoms with Crippen molar-refractivity contribution >= 4 is 37.6 Å². The van der Waals surface area contributed by atoms with Gasteiger partial charge in [0.1, 0.15) is 0 Å². The van der Waals surface area contributed by atoms with Crippen molar-refractivity contribution in [1.29, 1.82) is 0 Å². The first-order valence-corrected chi connectivity index (χ1v) is 8.56. The van der Waals surface area contributed by atoms with Gasteiger partial charge in [-0.2, -0.15) is 0 Å². The maximum Gasteiger partial charge on any atom is 0.152 e. The largest absolute Gasteiger partial charge is 0.152 e. The summed E-state index contributed by atoms with van der Waals surface area (Å²) in [5.41, 5.74) is 1.45. The molecule has 0 nitrogen and oxygen atoms in total. The number of fused-ring (bicyclic) bond motifs is 1. The van der Waals surface area contributed by atoms with Gasteiger partial charge in [0.05, 0.1) is 17.8 Å². The summed E-state index contributed by atoms with van der Waals surface area (Å²) >= 11 is 3.62. The van der Waals surface area contributed by atoms with Crippen LogP contribution in [0.15, 0.2) is 42.5 Å². The lowest BCUT2D eigenvalue weighted by atomic mass is 10.1. The quantitative estimate of drug-likeness (QED) is 0.589. The van der Waals surface area contributed by atoms with Crippen molar-refractivity contribution in [3.8, 4) is 0 Å². The van der Waals surface area contributed by atoms with E-state index in [1.54, 1.807) is 0 Å². The lowest BCUT2D eigenvalue weighted by Crippen LogP contribution is -2.11. The average Bonchev–Trinajstić information content (AvgIpc) is 2.29. The second-order valence-electron chi connectivity index (χ2n) is 4.13. The molecule has 2 rings (SSSR count). The SMILES string of the molecule is C[S+](C)C(CBr)c1ccc2ccccc2c1. The molecule has 2 heteroatoms. The molecular weight excluding hydrogens is 280 g/mol. The summed E-state index contributed by atoms with van der Waals surface area (Å²) in [4.78, 5) is 0. The molecule has 0 amide bonds. The zero-order valence-electron chi connectivity index (χ0n) is 9.61. The highest BCUT2D eigenvalue weighted by atomic mass is 79.9. The number of rotatable bonds is 3. The molecule has 84 valence electrons. The summed E-state index contributed by atoms with van der Waals surface area (Å²) in [7, 11) is 0.406. The first-order valence-electron chi connectivity index (χ1n) is 5.33. The fourth-order valence-electron chi connectivity index (χ4n) is 1.90. The third-order valence-corrected chi connectivity index (χ3v) is 5.51. The van der Waals surface area contributed by atoms with Crippen LogP contribution in [0.3, 0.4) is 0 Å². The second-order valence-corrected chi connectivity index (χ2v) is 7.11. The summed E-state index contributed by atoms with van der Waals surface area (Å²) in [5, 5.41) is 4.34. The lowest BCUT2D eigenvalue weighted by molar-refractivity contribution is 1.12. The first-order chi connectivity index (χ1) is 7.72. The molecule has 0 fully saturated rings. The number of hydrogen-bond donors (Lipinski definition) is 0. The van der Waals surface area contributed by atoms with E-state index in [1.807, 2.05) is 0 Å². The molecule has 0 spiro atoms. The van der Waals surface area contributed by atoms with Crippen LogP contribution in [0.5, 0.6) is 0 Å². The molecule has 0 saturated heterocycles. The number of alkyl halides is 1. The van der Waals surface area contributed by atoms with Crippen LogP contribution < -0.4 is 0 Å². The van der Waals surface area contributed by atoms with Crippen LogP contribution in [0.4, 0.5) is 0 Å². The summed E-state index contributed by atoms with van der Waals surface area (Å²) in [6.45, 7) is 0. The average molecular weight is 296 g/mol. The Morgan fingerprint density at radius 1 is 1.06 bits per heavy atom. The fourth-order valence-corrected chi connectivity index (χ4v) is 4.80. The maximum atomic E-state index is 3.62. The zero-order chi connectivity index (χ0) is 11.5. The van der Waals surface area contributed by atoms with Crippen molar-refractivity contribution in [3.05, 3.63) is 48.0 Å². The Kier molecular flexibility index (Phi) is 3.93. The summed E-state index contributed by atoms with van der Waals surface area (Å²) < 4.78 is 0. The fraction of sp³-hybridized carbons (Fsp3) is 0.286. The van der Waals surface area contributed by atoms with Gasteiger partial charge >= 0.3 is 0 Å². The molecule has 0 heterocycles. The molecule has 1 atom stereocenters. The molecule has 0 aromatic heterocycles. The molecule has 0 aliphatic heterocycles. The summed E-state index contributed by atoms with van der Waals surface area (Å²) in [5.74, 6) is 0. The third kappa shape index (κ3) is 2.44. The summed E-state index contributed by atoms with van der Waals surface area (Å²) in [6.07, 6.45) is 4.61. The molecule has 0 bridgehead atoms. The minimum atomic E-state index is 0.406. The number of hydrogen-bond acceptors (Lipinski definition) is 0. The van der Waals surface area contributed by atoms with Crippen LogP contribution in [-0.2, 0) is 10.9 Å². The Hall–Kier alpha value is -0.470. The third-order valence-electron chi connectivity index (χ3n) is 2.85. The molecule has 1 unspecified atom stereocenters. The van der Waals surface area contributed by atoms with Gasteiger partial charge in [0.15, 0.2) is 5.25 Å². The molecular formula is C14H16BrS+. The van der Waals surface area contributed by atoms with Crippen LogP contribution >= 0.6 is 15.9 Å². The molecule has 0 aliphatic carbocycles. The van der Waals surface area contributed by atoms with E-state index in [0.717, 1.165) is 5.33 Å². The van der Waals surface area contributed by atoms with Gasteiger partial charge in [0.2, 0.25) is 0 Å². The molecule has 0 N–H and O–H groups in total. The van der Waals surface area contributed by atoms with Crippen molar-refractivity contribution in [3.63, 3.8) is 0 Å². The Bertz CT molecular complexity index is 479. The van der Waals surface area contributed by atoms with Crippen molar-refractivity contribution in [2.75, 3.05) is 17.8 Å². The first kappa shape index (κ1) is 12.0. The highest BCUT2D eigenvalue weighted by Gasteiger charge is 2.22. The van der Waals surface area contributed by atoms with E-state index in [9.17, 15) is 0 Å². The zero-order valence-corrected chi connectivity index (χ0v) is 12.0. The van der Waals surface area contributed by atoms with Crippen molar-refractivity contribution in [2.24, 2.45) is 0 Å². The predicted molar refractivity (Wildman–Crippen MR) is 79.7 cm³/mol. The monoisotopic (exact) mass is 295 g/mol. The lowest BCUT2D eigenvalue weighted by Gasteiger charge is -2.12. The predicted octanol–water partition coefficient (Wildman–Crippen LogP) is 4.15. The van der Waals surface area contributed by atoms with Gasteiger partial charge in [-0.25, -0.2) is 0 Å². The second kappa shape index (κ2) is 5.24. The van der Waals surface area contributed by atoms with Gasteiger partial charge < -0.3 is 0 Å². The van der Waals surface area contributed by atoms with E-state index in [0.29, 0.717) is 16.1 Å². The van der Waals surface area contributed by atoms with Gasteiger partial charge in [0, 0.05) is 5.56 Å². The number of benzene rings is 2. The van der Waals surface area contributed by atoms with E-state index in [1.165, 1.54) is 16.3 Å². The molecule has 0 saturated carbocycles. The Morgan fingerprint density at radius 2 is 1.75 bits per heavy atom. The molecule has 0 radical (unpaired) electrons. The summed E-state index contributed by atoms with van der Waals surface area (Å²) in [6, 6.07) is 15.4. The Labute approximate surface area is 109 Å². The highest BCUT2D eigenvalue weighted by molar-refractivity contribution is 9.09. The van der Waals surface area contributed by atoms with E-state index in [2.05, 4.69) is 70.9 Å². The van der Waals surface area contributed by atoms with Crippen LogP contribution in [0.25, 0.3) is 10.8 Å². The van der Waals surface area contributed by atoms with Crippen LogP contribution in [0.1, 0.15) is 10.8 Å². The maximum absolute atomic E-state index is 3.62. The van der Waals surface area contributed by atoms with Gasteiger partial charge in [-0.3, -0.25) is 0 Å². The van der Waals surface area contributed by atoms with Gasteiger partial charge in [-0.05, 0) is 27.7 Å². The van der Waals surface area contributed by atoms with Crippen LogP contribution in [0, 0.1) is 0 Å². The van der Waals surface area contributed by atoms with Gasteiger partial charge in [0.25, 0.3) is 0 Å². The van der Waals surface area contributed by atoms with E-state index in [4.69, 9.17) is 0 Å². The van der Waals surface area contributed by atoms with Crippen molar-refractivity contribution < 1.29 is 0 Å². The van der Waals surface area contributed by atoms with Crippen LogP contribution in [-0.4, -0.2) is 17.8 Å². The molecule has 2 aromatic rings. The van der Waals surface area contributed by atoms with E-state index < -0.39 is 0 Å². The van der Waals surface area contributed by atoms with Crippen molar-refractivity contribution in [2.45, 2.75) is 5.25 Å². The number of halogens is 1.